The summed E-state index contributed by atoms with van der Waals surface area (Å²) in [5.41, 5.74) is 2.99. The molecular formula is C23H18FN7S. The Labute approximate surface area is 187 Å². The average Bonchev–Trinajstić information content (AvgIpc) is 3.39. The van der Waals surface area contributed by atoms with E-state index in [0.717, 1.165) is 17.0 Å². The molecule has 2 aromatic carbocycles. The Morgan fingerprint density at radius 2 is 1.81 bits per heavy atom. The number of allylic oxidation sites excluding steroid dienone is 1. The molecule has 0 aliphatic carbocycles. The first-order valence-corrected chi connectivity index (χ1v) is 10.7. The average molecular weight is 444 g/mol. The second-order valence-electron chi connectivity index (χ2n) is 7.12. The van der Waals surface area contributed by atoms with Gasteiger partial charge in [-0.2, -0.15) is 9.61 Å². The van der Waals surface area contributed by atoms with Gasteiger partial charge < -0.3 is 0 Å². The van der Waals surface area contributed by atoms with Crippen LogP contribution in [-0.4, -0.2) is 34.6 Å². The highest BCUT2D eigenvalue weighted by Gasteiger charge is 2.17. The molecule has 0 saturated heterocycles. The molecule has 0 aliphatic rings. The van der Waals surface area contributed by atoms with E-state index in [1.165, 1.54) is 22.3 Å². The molecule has 0 N–H and O–H groups in total. The fraction of sp³-hybridized carbons (Fsp3) is 0.0870. The van der Waals surface area contributed by atoms with Crippen molar-refractivity contribution in [3.63, 3.8) is 0 Å². The molecule has 5 aromatic rings. The van der Waals surface area contributed by atoms with Crippen LogP contribution in [0.25, 0.3) is 28.4 Å². The van der Waals surface area contributed by atoms with Crippen molar-refractivity contribution in [2.75, 3.05) is 0 Å². The lowest BCUT2D eigenvalue weighted by Crippen LogP contribution is -2.02. The summed E-state index contributed by atoms with van der Waals surface area (Å²) in [5, 5.41) is 23.0. The van der Waals surface area contributed by atoms with Crippen LogP contribution >= 0.6 is 11.8 Å². The Hall–Kier alpha value is -3.85. The molecule has 9 heteroatoms. The van der Waals surface area contributed by atoms with Gasteiger partial charge in [-0.3, -0.25) is 4.57 Å². The number of benzene rings is 2. The zero-order valence-corrected chi connectivity index (χ0v) is 18.0. The fourth-order valence-electron chi connectivity index (χ4n) is 3.39. The number of hydrogen-bond donors (Lipinski definition) is 0. The lowest BCUT2D eigenvalue weighted by atomic mass is 10.1. The van der Waals surface area contributed by atoms with Crippen LogP contribution in [0.3, 0.4) is 0 Å². The summed E-state index contributed by atoms with van der Waals surface area (Å²) in [6.07, 6.45) is 1.80. The van der Waals surface area contributed by atoms with Crippen LogP contribution in [0.5, 0.6) is 0 Å². The van der Waals surface area contributed by atoms with E-state index in [-0.39, 0.29) is 5.82 Å². The molecule has 0 fully saturated rings. The van der Waals surface area contributed by atoms with E-state index in [2.05, 4.69) is 38.1 Å². The summed E-state index contributed by atoms with van der Waals surface area (Å²) in [7, 11) is 0. The van der Waals surface area contributed by atoms with Crippen LogP contribution in [0.2, 0.25) is 0 Å². The van der Waals surface area contributed by atoms with Gasteiger partial charge in [0.05, 0.1) is 5.56 Å². The molecule has 0 atom stereocenters. The first-order valence-electron chi connectivity index (χ1n) is 9.90. The maximum absolute atomic E-state index is 14.3. The van der Waals surface area contributed by atoms with Gasteiger partial charge in [-0.25, -0.2) is 4.39 Å². The van der Waals surface area contributed by atoms with Crippen LogP contribution in [0.1, 0.15) is 5.56 Å². The molecule has 0 saturated carbocycles. The van der Waals surface area contributed by atoms with Crippen molar-refractivity contribution in [1.29, 1.82) is 0 Å². The number of halogens is 1. The predicted octanol–water partition coefficient (Wildman–Crippen LogP) is 4.83. The van der Waals surface area contributed by atoms with E-state index in [9.17, 15) is 4.39 Å². The van der Waals surface area contributed by atoms with Crippen LogP contribution in [0.15, 0.2) is 83.5 Å². The van der Waals surface area contributed by atoms with E-state index in [4.69, 9.17) is 0 Å². The van der Waals surface area contributed by atoms with Crippen LogP contribution in [0.4, 0.5) is 4.39 Å². The van der Waals surface area contributed by atoms with Gasteiger partial charge in [0.2, 0.25) is 0 Å². The van der Waals surface area contributed by atoms with Crippen molar-refractivity contribution in [3.05, 3.63) is 84.7 Å². The number of fused-ring (bicyclic) bond motifs is 1. The van der Waals surface area contributed by atoms with Crippen molar-refractivity contribution in [1.82, 2.24) is 34.6 Å². The number of nitrogens with zero attached hydrogens (tertiary/aromatic N) is 7. The Kier molecular flexibility index (Phi) is 5.24. The number of aryl methyl sites for hydroxylation is 1. The first kappa shape index (κ1) is 20.1. The molecule has 0 amide bonds. The van der Waals surface area contributed by atoms with Crippen molar-refractivity contribution in [2.45, 2.75) is 23.7 Å². The molecule has 32 heavy (non-hydrogen) atoms. The highest BCUT2D eigenvalue weighted by molar-refractivity contribution is 7.99. The fourth-order valence-corrected chi connectivity index (χ4v) is 4.18. The van der Waals surface area contributed by atoms with Gasteiger partial charge in [0.15, 0.2) is 22.5 Å². The summed E-state index contributed by atoms with van der Waals surface area (Å²) in [5.74, 6) is 0.720. The monoisotopic (exact) mass is 443 g/mol. The zero-order chi connectivity index (χ0) is 22.1. The third-order valence-electron chi connectivity index (χ3n) is 4.85. The van der Waals surface area contributed by atoms with E-state index >= 15 is 0 Å². The smallest absolute Gasteiger partial charge is 0.198 e. The van der Waals surface area contributed by atoms with Crippen LogP contribution in [-0.2, 0) is 6.54 Å². The van der Waals surface area contributed by atoms with Gasteiger partial charge in [0.1, 0.15) is 10.8 Å². The molecule has 0 bridgehead atoms. The molecule has 158 valence electrons. The van der Waals surface area contributed by atoms with E-state index in [1.807, 2.05) is 35.8 Å². The third-order valence-corrected chi connectivity index (χ3v) is 5.77. The minimum atomic E-state index is -0.379. The number of rotatable bonds is 6. The highest BCUT2D eigenvalue weighted by Crippen LogP contribution is 2.30. The molecular weight excluding hydrogens is 425 g/mol. The lowest BCUT2D eigenvalue weighted by Gasteiger charge is -2.08. The highest BCUT2D eigenvalue weighted by atomic mass is 32.2. The molecule has 5 rings (SSSR count). The van der Waals surface area contributed by atoms with Gasteiger partial charge in [-0.1, -0.05) is 42.0 Å². The largest absolute Gasteiger partial charge is 0.298 e. The summed E-state index contributed by atoms with van der Waals surface area (Å²) >= 11 is 1.36. The summed E-state index contributed by atoms with van der Waals surface area (Å²) < 4.78 is 17.8. The normalized spacial score (nSPS) is 11.2. The first-order chi connectivity index (χ1) is 15.6. The third kappa shape index (κ3) is 3.67. The Morgan fingerprint density at radius 1 is 0.969 bits per heavy atom. The SMILES string of the molecule is C=CCn1c(Sc2ccc3nnc(-c4ccccc4F)n3n2)nnc1-c1cccc(C)c1. The second-order valence-corrected chi connectivity index (χ2v) is 8.11. The van der Waals surface area contributed by atoms with Gasteiger partial charge in [0, 0.05) is 12.1 Å². The van der Waals surface area contributed by atoms with Gasteiger partial charge >= 0.3 is 0 Å². The van der Waals surface area contributed by atoms with Crippen molar-refractivity contribution >= 4 is 17.4 Å². The second kappa shape index (κ2) is 8.35. The predicted molar refractivity (Wildman–Crippen MR) is 121 cm³/mol. The zero-order valence-electron chi connectivity index (χ0n) is 17.2. The maximum atomic E-state index is 14.3. The molecule has 0 aliphatic heterocycles. The minimum Gasteiger partial charge on any atom is -0.298 e. The standard InChI is InChI=1S/C23H18FN7S/c1-3-13-30-21(16-8-6-7-15(2)14-16)26-28-23(30)32-20-12-11-19-25-27-22(31(19)29-20)17-9-4-5-10-18(17)24/h3-12,14H,1,13H2,2H3. The Morgan fingerprint density at radius 3 is 2.62 bits per heavy atom. The van der Waals surface area contributed by atoms with Gasteiger partial charge in [-0.05, 0) is 49.0 Å². The van der Waals surface area contributed by atoms with E-state index in [0.29, 0.717) is 33.8 Å². The summed E-state index contributed by atoms with van der Waals surface area (Å²) in [6.45, 7) is 6.46. The number of hydrogen-bond acceptors (Lipinski definition) is 6. The van der Waals surface area contributed by atoms with E-state index in [1.54, 1.807) is 30.3 Å². The van der Waals surface area contributed by atoms with Crippen molar-refractivity contribution in [2.24, 2.45) is 0 Å². The Balaban J connectivity index is 1.54. The topological polar surface area (TPSA) is 73.8 Å². The van der Waals surface area contributed by atoms with Gasteiger partial charge in [-0.15, -0.1) is 27.0 Å². The van der Waals surface area contributed by atoms with Crippen molar-refractivity contribution in [3.8, 4) is 22.8 Å². The minimum absolute atomic E-state index is 0.339. The number of aromatic nitrogens is 7. The Bertz CT molecular complexity index is 1440. The molecule has 0 spiro atoms. The van der Waals surface area contributed by atoms with Crippen LogP contribution in [0, 0.1) is 12.7 Å². The molecule has 0 unspecified atom stereocenters. The van der Waals surface area contributed by atoms with Crippen molar-refractivity contribution < 1.29 is 4.39 Å². The van der Waals surface area contributed by atoms with Gasteiger partial charge in [0.25, 0.3) is 0 Å². The molecule has 0 radical (unpaired) electrons. The lowest BCUT2D eigenvalue weighted by molar-refractivity contribution is 0.629. The molecule has 7 nitrogen and oxygen atoms in total. The maximum Gasteiger partial charge on any atom is 0.198 e. The summed E-state index contributed by atoms with van der Waals surface area (Å²) in [4.78, 5) is 0. The quantitative estimate of drug-likeness (QED) is 0.350. The van der Waals surface area contributed by atoms with E-state index < -0.39 is 0 Å². The van der Waals surface area contributed by atoms with Crippen LogP contribution < -0.4 is 0 Å². The molecule has 3 heterocycles. The summed E-state index contributed by atoms with van der Waals surface area (Å²) in [6, 6.07) is 18.2. The molecule has 3 aromatic heterocycles.